The predicted molar refractivity (Wildman–Crippen MR) is 126 cm³/mol. The van der Waals surface area contributed by atoms with Gasteiger partial charge in [0.2, 0.25) is 0 Å². The Morgan fingerprint density at radius 3 is 2.58 bits per heavy atom. The van der Waals surface area contributed by atoms with Crippen LogP contribution in [0.4, 0.5) is 5.69 Å². The van der Waals surface area contributed by atoms with Crippen LogP contribution in [0.2, 0.25) is 0 Å². The number of methoxy groups -OCH3 is 1. The summed E-state index contributed by atoms with van der Waals surface area (Å²) in [6, 6.07) is 12.1. The summed E-state index contributed by atoms with van der Waals surface area (Å²) in [4.78, 5) is 12.2. The molecule has 8 heteroatoms. The Hall–Kier alpha value is -1.51. The summed E-state index contributed by atoms with van der Waals surface area (Å²) in [7, 11) is -2.56. The molecule has 2 aromatic carbocycles. The third kappa shape index (κ3) is 3.42. The average molecular weight is 522 g/mol. The van der Waals surface area contributed by atoms with E-state index >= 15 is 0 Å². The molecule has 1 saturated carbocycles. The molecular formula is C23H24BrNO4S2. The molecule has 5 rings (SSSR count). The SMILES string of the molecule is COC(=O)c1cccc(S(=O)(=O)N2c3ccc(Br)cc3C3(CCSCC3)C2C2CC2)c1. The molecule has 0 bridgehead atoms. The zero-order valence-electron chi connectivity index (χ0n) is 17.2. The Morgan fingerprint density at radius 2 is 1.90 bits per heavy atom. The van der Waals surface area contributed by atoms with Crippen molar-refractivity contribution in [1.82, 2.24) is 0 Å². The molecule has 0 N–H and O–H groups in total. The van der Waals surface area contributed by atoms with Crippen LogP contribution in [0.5, 0.6) is 0 Å². The lowest BCUT2D eigenvalue weighted by Crippen LogP contribution is -2.50. The van der Waals surface area contributed by atoms with E-state index in [1.165, 1.54) is 13.2 Å². The highest BCUT2D eigenvalue weighted by atomic mass is 79.9. The summed E-state index contributed by atoms with van der Waals surface area (Å²) in [6.07, 6.45) is 4.08. The van der Waals surface area contributed by atoms with E-state index < -0.39 is 16.0 Å². The Labute approximate surface area is 195 Å². The number of carbonyl (C=O) groups excluding carboxylic acids is 1. The maximum atomic E-state index is 14.1. The molecule has 1 unspecified atom stereocenters. The second-order valence-electron chi connectivity index (χ2n) is 8.53. The van der Waals surface area contributed by atoms with Crippen LogP contribution in [0.1, 0.15) is 41.6 Å². The van der Waals surface area contributed by atoms with Gasteiger partial charge in [0.25, 0.3) is 10.0 Å². The van der Waals surface area contributed by atoms with E-state index in [1.54, 1.807) is 22.5 Å². The zero-order valence-corrected chi connectivity index (χ0v) is 20.4. The summed E-state index contributed by atoms with van der Waals surface area (Å²) < 4.78 is 35.6. The lowest BCUT2D eigenvalue weighted by Gasteiger charge is -2.41. The molecule has 0 radical (unpaired) electrons. The molecule has 1 aliphatic carbocycles. The topological polar surface area (TPSA) is 63.7 Å². The number of halogens is 1. The summed E-state index contributed by atoms with van der Waals surface area (Å²) in [5.74, 6) is 1.91. The van der Waals surface area contributed by atoms with E-state index in [1.807, 2.05) is 23.9 Å². The van der Waals surface area contributed by atoms with Crippen molar-refractivity contribution in [2.24, 2.45) is 5.92 Å². The highest BCUT2D eigenvalue weighted by Crippen LogP contribution is 2.59. The third-order valence-corrected chi connectivity index (χ3v) is 10.1. The standard InChI is InChI=1S/C23H24BrNO4S2/c1-29-22(26)16-3-2-4-18(13-16)31(27,28)25-20-8-7-17(24)14-19(20)23(9-11-30-12-10-23)21(25)15-5-6-15/h2-4,7-8,13-15,21H,5-6,9-12H2,1H3. The zero-order chi connectivity index (χ0) is 21.8. The molecule has 2 aromatic rings. The number of carbonyl (C=O) groups is 1. The predicted octanol–water partition coefficient (Wildman–Crippen LogP) is 4.99. The highest BCUT2D eigenvalue weighted by Gasteiger charge is 2.59. The average Bonchev–Trinajstić information content (AvgIpc) is 3.59. The van der Waals surface area contributed by atoms with Crippen LogP contribution >= 0.6 is 27.7 Å². The lowest BCUT2D eigenvalue weighted by atomic mass is 9.70. The fraction of sp³-hybridized carbons (Fsp3) is 0.435. The number of benzene rings is 2. The van der Waals surface area contributed by atoms with Gasteiger partial charge in [-0.2, -0.15) is 11.8 Å². The van der Waals surface area contributed by atoms with Gasteiger partial charge >= 0.3 is 5.97 Å². The number of nitrogens with zero attached hydrogens (tertiary/aromatic N) is 1. The smallest absolute Gasteiger partial charge is 0.337 e. The molecule has 2 fully saturated rings. The van der Waals surface area contributed by atoms with Crippen LogP contribution in [0.25, 0.3) is 0 Å². The summed E-state index contributed by atoms with van der Waals surface area (Å²) in [5, 5.41) is 0. The number of fused-ring (bicyclic) bond motifs is 2. The lowest BCUT2D eigenvalue weighted by molar-refractivity contribution is 0.0600. The molecule has 1 spiro atoms. The second kappa shape index (κ2) is 7.81. The quantitative estimate of drug-likeness (QED) is 0.530. The van der Waals surface area contributed by atoms with Crippen molar-refractivity contribution >= 4 is 49.4 Å². The van der Waals surface area contributed by atoms with Crippen LogP contribution in [-0.4, -0.2) is 39.0 Å². The number of anilines is 1. The van der Waals surface area contributed by atoms with Crippen molar-refractivity contribution < 1.29 is 17.9 Å². The molecule has 164 valence electrons. The first-order valence-corrected chi connectivity index (χ1v) is 13.9. The summed E-state index contributed by atoms with van der Waals surface area (Å²) in [5.41, 5.74) is 2.02. The maximum Gasteiger partial charge on any atom is 0.337 e. The van der Waals surface area contributed by atoms with Gasteiger partial charge in [-0.15, -0.1) is 0 Å². The van der Waals surface area contributed by atoms with Gasteiger partial charge in [0, 0.05) is 9.89 Å². The van der Waals surface area contributed by atoms with Gasteiger partial charge in [-0.3, -0.25) is 4.31 Å². The molecular weight excluding hydrogens is 498 g/mol. The normalized spacial score (nSPS) is 22.4. The van der Waals surface area contributed by atoms with E-state index in [2.05, 4.69) is 22.0 Å². The van der Waals surface area contributed by atoms with E-state index in [0.29, 0.717) is 5.92 Å². The van der Waals surface area contributed by atoms with Crippen molar-refractivity contribution in [1.29, 1.82) is 0 Å². The minimum Gasteiger partial charge on any atom is -0.465 e. The largest absolute Gasteiger partial charge is 0.465 e. The molecule has 2 aliphatic heterocycles. The first-order valence-electron chi connectivity index (χ1n) is 10.5. The van der Waals surface area contributed by atoms with Crippen molar-refractivity contribution in [2.45, 2.75) is 42.0 Å². The Balaban J connectivity index is 1.69. The Morgan fingerprint density at radius 1 is 1.16 bits per heavy atom. The van der Waals surface area contributed by atoms with Crippen molar-refractivity contribution in [3.63, 3.8) is 0 Å². The van der Waals surface area contributed by atoms with E-state index in [0.717, 1.165) is 52.9 Å². The van der Waals surface area contributed by atoms with Crippen molar-refractivity contribution in [3.05, 3.63) is 58.1 Å². The summed E-state index contributed by atoms with van der Waals surface area (Å²) in [6.45, 7) is 0. The Kier molecular flexibility index (Phi) is 5.38. The number of rotatable bonds is 4. The molecule has 5 nitrogen and oxygen atoms in total. The Bertz CT molecular complexity index is 1140. The fourth-order valence-electron chi connectivity index (χ4n) is 5.28. The van der Waals surface area contributed by atoms with Crippen LogP contribution in [0.15, 0.2) is 51.8 Å². The van der Waals surface area contributed by atoms with Crippen LogP contribution in [0, 0.1) is 5.92 Å². The van der Waals surface area contributed by atoms with Crippen LogP contribution < -0.4 is 4.31 Å². The molecule has 0 amide bonds. The van der Waals surface area contributed by atoms with E-state index in [9.17, 15) is 13.2 Å². The number of esters is 1. The van der Waals surface area contributed by atoms with Crippen molar-refractivity contribution in [3.8, 4) is 0 Å². The van der Waals surface area contributed by atoms with Gasteiger partial charge < -0.3 is 4.74 Å². The van der Waals surface area contributed by atoms with Crippen LogP contribution in [0.3, 0.4) is 0 Å². The molecule has 3 aliphatic rings. The van der Waals surface area contributed by atoms with Gasteiger partial charge in [-0.25, -0.2) is 13.2 Å². The first-order chi connectivity index (χ1) is 14.9. The van der Waals surface area contributed by atoms with E-state index in [-0.39, 0.29) is 21.9 Å². The minimum atomic E-state index is -3.86. The number of hydrogen-bond acceptors (Lipinski definition) is 5. The minimum absolute atomic E-state index is 0.0792. The number of thioether (sulfide) groups is 1. The molecule has 0 aromatic heterocycles. The number of sulfonamides is 1. The van der Waals surface area contributed by atoms with E-state index in [4.69, 9.17) is 4.74 Å². The maximum absolute atomic E-state index is 14.1. The number of hydrogen-bond donors (Lipinski definition) is 0. The van der Waals surface area contributed by atoms with Gasteiger partial charge in [0.15, 0.2) is 0 Å². The molecule has 31 heavy (non-hydrogen) atoms. The van der Waals surface area contributed by atoms with Gasteiger partial charge in [0.1, 0.15) is 0 Å². The fourth-order valence-corrected chi connectivity index (χ4v) is 8.71. The number of ether oxygens (including phenoxy) is 1. The molecule has 2 heterocycles. The van der Waals surface area contributed by atoms with Gasteiger partial charge in [0.05, 0.1) is 29.3 Å². The molecule has 1 atom stereocenters. The first kappa shape index (κ1) is 21.3. The summed E-state index contributed by atoms with van der Waals surface area (Å²) >= 11 is 5.56. The van der Waals surface area contributed by atoms with Gasteiger partial charge in [-0.05, 0) is 85.1 Å². The second-order valence-corrected chi connectivity index (χ2v) is 12.5. The van der Waals surface area contributed by atoms with Gasteiger partial charge in [-0.1, -0.05) is 22.0 Å². The monoisotopic (exact) mass is 521 g/mol. The highest BCUT2D eigenvalue weighted by molar-refractivity contribution is 9.10. The van der Waals surface area contributed by atoms with Crippen LogP contribution in [-0.2, 0) is 20.2 Å². The van der Waals surface area contributed by atoms with Crippen molar-refractivity contribution in [2.75, 3.05) is 22.9 Å². The molecule has 1 saturated heterocycles. The third-order valence-electron chi connectivity index (χ3n) is 6.82.